The van der Waals surface area contributed by atoms with E-state index in [0.29, 0.717) is 16.4 Å². The Labute approximate surface area is 161 Å². The molecule has 0 fully saturated rings. The molecule has 0 atom stereocenters. The van der Waals surface area contributed by atoms with Crippen LogP contribution in [0.3, 0.4) is 0 Å². The molecule has 1 N–H and O–H groups in total. The maximum atomic E-state index is 12.9. The van der Waals surface area contributed by atoms with Crippen LogP contribution in [0.4, 0.5) is 18.9 Å². The van der Waals surface area contributed by atoms with Gasteiger partial charge in [-0.15, -0.1) is 11.3 Å². The van der Waals surface area contributed by atoms with Crippen LogP contribution in [0, 0.1) is 0 Å². The summed E-state index contributed by atoms with van der Waals surface area (Å²) in [5.41, 5.74) is -1.21. The molecule has 0 aliphatic heterocycles. The van der Waals surface area contributed by atoms with E-state index in [0.717, 1.165) is 11.3 Å². The molecule has 28 heavy (non-hydrogen) atoms. The first kappa shape index (κ1) is 21.4. The highest BCUT2D eigenvalue weighted by atomic mass is 32.1. The van der Waals surface area contributed by atoms with E-state index in [4.69, 9.17) is 4.74 Å². The highest BCUT2D eigenvalue weighted by Crippen LogP contribution is 2.37. The average molecular weight is 416 g/mol. The highest BCUT2D eigenvalue weighted by molar-refractivity contribution is 7.21. The summed E-state index contributed by atoms with van der Waals surface area (Å²) < 4.78 is 48.1. The Hall–Kier alpha value is -2.95. The predicted octanol–water partition coefficient (Wildman–Crippen LogP) is 4.11. The fourth-order valence-electron chi connectivity index (χ4n) is 2.08. The predicted molar refractivity (Wildman–Crippen MR) is 96.1 cm³/mol. The molecular weight excluding hydrogens is 401 g/mol. The number of carbonyl (C=O) groups is 2. The monoisotopic (exact) mass is 416 g/mol. The molecule has 150 valence electrons. The number of fused-ring (bicyclic) bond motifs is 1. The van der Waals surface area contributed by atoms with Crippen molar-refractivity contribution in [3.05, 3.63) is 34.5 Å². The van der Waals surface area contributed by atoms with Crippen LogP contribution in [-0.2, 0) is 14.3 Å². The lowest BCUT2D eigenvalue weighted by Crippen LogP contribution is -2.20. The zero-order valence-corrected chi connectivity index (χ0v) is 15.6. The van der Waals surface area contributed by atoms with E-state index in [1.165, 1.54) is 13.1 Å². The van der Waals surface area contributed by atoms with Crippen LogP contribution in [0.1, 0.15) is 23.5 Å². The maximum absolute atomic E-state index is 12.9. The fraction of sp³-hybridized carbons (Fsp3) is 0.294. The molecule has 2 aromatic rings. The number of halogens is 3. The van der Waals surface area contributed by atoms with Crippen LogP contribution >= 0.6 is 11.3 Å². The van der Waals surface area contributed by atoms with E-state index in [-0.39, 0.29) is 23.8 Å². The number of aliphatic hydroxyl groups excluding tert-OH is 1. The quantitative estimate of drug-likeness (QED) is 0.329. The lowest BCUT2D eigenvalue weighted by atomic mass is 10.2. The summed E-state index contributed by atoms with van der Waals surface area (Å²) in [6.07, 6.45) is -3.20. The van der Waals surface area contributed by atoms with Crippen molar-refractivity contribution >= 4 is 45.4 Å². The van der Waals surface area contributed by atoms with Crippen LogP contribution < -0.4 is 0 Å². The van der Waals surface area contributed by atoms with Crippen LogP contribution in [0.15, 0.2) is 34.7 Å². The Balaban J connectivity index is 2.61. The molecule has 0 bridgehead atoms. The molecule has 0 aliphatic carbocycles. The third-order valence-electron chi connectivity index (χ3n) is 3.24. The summed E-state index contributed by atoms with van der Waals surface area (Å²) >= 11 is 0.940. The van der Waals surface area contributed by atoms with Crippen molar-refractivity contribution < 1.29 is 37.3 Å². The first-order chi connectivity index (χ1) is 13.2. The lowest BCUT2D eigenvalue weighted by Gasteiger charge is -2.09. The van der Waals surface area contributed by atoms with Crippen LogP contribution in [0.2, 0.25) is 0 Å². The fourth-order valence-corrected chi connectivity index (χ4v) is 3.07. The molecule has 2 aromatic heterocycles. The van der Waals surface area contributed by atoms with Gasteiger partial charge >= 0.3 is 18.1 Å². The summed E-state index contributed by atoms with van der Waals surface area (Å²) in [5.74, 6) is -4.29. The van der Waals surface area contributed by atoms with Gasteiger partial charge in [-0.3, -0.25) is 4.99 Å². The number of allylic oxidation sites excluding steroid dienone is 1. The molecule has 0 saturated heterocycles. The van der Waals surface area contributed by atoms with Crippen LogP contribution in [0.25, 0.3) is 10.2 Å². The van der Waals surface area contributed by atoms with Crippen molar-refractivity contribution in [2.45, 2.75) is 20.0 Å². The summed E-state index contributed by atoms with van der Waals surface area (Å²) in [4.78, 5) is 32.3. The van der Waals surface area contributed by atoms with Crippen molar-refractivity contribution in [2.75, 3.05) is 13.2 Å². The van der Waals surface area contributed by atoms with Gasteiger partial charge in [-0.05, 0) is 26.0 Å². The smallest absolute Gasteiger partial charge is 0.449 e. The summed E-state index contributed by atoms with van der Waals surface area (Å²) in [6, 6.07) is 3.11. The van der Waals surface area contributed by atoms with E-state index in [9.17, 15) is 27.9 Å². The van der Waals surface area contributed by atoms with Crippen molar-refractivity contribution in [1.29, 1.82) is 0 Å². The van der Waals surface area contributed by atoms with Gasteiger partial charge in [0.2, 0.25) is 5.76 Å². The first-order valence-corrected chi connectivity index (χ1v) is 8.78. The standard InChI is InChI=1S/C17H15F3N2O5S/c1-3-26-15(24)10(13(23)17(18,19)20)8-22-11-9-6-5-7-21-14(9)28-12(11)16(25)27-4-2/h5-8,23H,3-4H2,1-2H3. The number of aliphatic hydroxyl groups is 1. The van der Waals surface area contributed by atoms with Gasteiger partial charge in [-0.25, -0.2) is 14.6 Å². The molecule has 0 aromatic carbocycles. The summed E-state index contributed by atoms with van der Waals surface area (Å²) in [6.45, 7) is 2.86. The molecule has 0 radical (unpaired) electrons. The normalized spacial score (nSPS) is 12.9. The van der Waals surface area contributed by atoms with Crippen LogP contribution in [-0.4, -0.2) is 47.6 Å². The molecule has 11 heteroatoms. The zero-order valence-electron chi connectivity index (χ0n) is 14.7. The molecule has 0 spiro atoms. The van der Waals surface area contributed by atoms with Crippen molar-refractivity contribution in [1.82, 2.24) is 4.98 Å². The third-order valence-corrected chi connectivity index (χ3v) is 4.33. The molecule has 2 rings (SSSR count). The summed E-state index contributed by atoms with van der Waals surface area (Å²) in [5, 5.41) is 9.78. The van der Waals surface area contributed by atoms with E-state index >= 15 is 0 Å². The van der Waals surface area contributed by atoms with Gasteiger partial charge < -0.3 is 14.6 Å². The van der Waals surface area contributed by atoms with E-state index in [1.54, 1.807) is 19.1 Å². The molecule has 7 nitrogen and oxygen atoms in total. The highest BCUT2D eigenvalue weighted by Gasteiger charge is 2.38. The molecule has 0 unspecified atom stereocenters. The Kier molecular flexibility index (Phi) is 6.73. The topological polar surface area (TPSA) is 98.1 Å². The second-order valence-electron chi connectivity index (χ2n) is 5.10. The number of carbonyl (C=O) groups excluding carboxylic acids is 2. The van der Waals surface area contributed by atoms with Gasteiger partial charge in [0.05, 0.1) is 18.9 Å². The Morgan fingerprint density at radius 1 is 1.29 bits per heavy atom. The maximum Gasteiger partial charge on any atom is 0.449 e. The first-order valence-electron chi connectivity index (χ1n) is 7.96. The van der Waals surface area contributed by atoms with E-state index < -0.39 is 29.4 Å². The Morgan fingerprint density at radius 3 is 2.57 bits per heavy atom. The van der Waals surface area contributed by atoms with Crippen LogP contribution in [0.5, 0.6) is 0 Å². The number of hydrogen-bond donors (Lipinski definition) is 1. The van der Waals surface area contributed by atoms with Gasteiger partial charge in [0.25, 0.3) is 0 Å². The zero-order chi connectivity index (χ0) is 20.9. The molecule has 0 aliphatic rings. The third kappa shape index (κ3) is 4.66. The van der Waals surface area contributed by atoms with Crippen molar-refractivity contribution in [3.8, 4) is 0 Å². The van der Waals surface area contributed by atoms with Gasteiger partial charge in [0, 0.05) is 17.8 Å². The van der Waals surface area contributed by atoms with E-state index in [1.807, 2.05) is 0 Å². The second kappa shape index (κ2) is 8.83. The average Bonchev–Trinajstić information content (AvgIpc) is 3.00. The number of nitrogens with zero attached hydrogens (tertiary/aromatic N) is 2. The molecular formula is C17H15F3N2O5S. The number of hydrogen-bond acceptors (Lipinski definition) is 8. The minimum Gasteiger partial charge on any atom is -0.504 e. The largest absolute Gasteiger partial charge is 0.504 e. The molecule has 0 saturated carbocycles. The van der Waals surface area contributed by atoms with Crippen molar-refractivity contribution in [2.24, 2.45) is 4.99 Å². The van der Waals surface area contributed by atoms with Gasteiger partial charge in [-0.1, -0.05) is 0 Å². The SMILES string of the molecule is CCOC(=O)C(C=Nc1c(C(=O)OCC)sc2ncccc12)=C(O)C(F)(F)F. The number of pyridine rings is 1. The molecule has 0 amide bonds. The van der Waals surface area contributed by atoms with Gasteiger partial charge in [-0.2, -0.15) is 13.2 Å². The van der Waals surface area contributed by atoms with Gasteiger partial charge in [0.1, 0.15) is 15.3 Å². The number of thiophene rings is 1. The minimum absolute atomic E-state index is 0.00140. The number of aromatic nitrogens is 1. The number of ether oxygens (including phenoxy) is 2. The number of alkyl halides is 3. The molecule has 2 heterocycles. The number of aliphatic imine (C=N–C) groups is 1. The van der Waals surface area contributed by atoms with E-state index in [2.05, 4.69) is 14.7 Å². The lowest BCUT2D eigenvalue weighted by molar-refractivity contribution is -0.141. The minimum atomic E-state index is -5.18. The second-order valence-corrected chi connectivity index (χ2v) is 6.09. The summed E-state index contributed by atoms with van der Waals surface area (Å²) in [7, 11) is 0. The Bertz CT molecular complexity index is 950. The number of esters is 2. The number of rotatable bonds is 6. The van der Waals surface area contributed by atoms with Crippen molar-refractivity contribution in [3.63, 3.8) is 0 Å². The Morgan fingerprint density at radius 2 is 1.96 bits per heavy atom. The van der Waals surface area contributed by atoms with Gasteiger partial charge in [0.15, 0.2) is 0 Å².